The minimum Gasteiger partial charge on any atom is -0.375 e. The molecular formula is C10H12N2O3. The van der Waals surface area contributed by atoms with Gasteiger partial charge < -0.3 is 16.6 Å². The highest BCUT2D eigenvalue weighted by atomic mass is 16.3. The lowest BCUT2D eigenvalue weighted by molar-refractivity contribution is -0.142. The molecule has 1 aromatic carbocycles. The van der Waals surface area contributed by atoms with Crippen LogP contribution in [0.3, 0.4) is 0 Å². The first-order valence-corrected chi connectivity index (χ1v) is 4.33. The Morgan fingerprint density at radius 1 is 1.20 bits per heavy atom. The second-order valence-electron chi connectivity index (χ2n) is 3.23. The standard InChI is InChI=1S/C10H12N2O3/c11-8(13)6-10(15,9(12)14)7-4-2-1-3-5-7/h1-5,15H,6H2,(H2,11,13)(H2,12,14). The molecule has 15 heavy (non-hydrogen) atoms. The maximum absolute atomic E-state index is 11.1. The fourth-order valence-corrected chi connectivity index (χ4v) is 1.30. The summed E-state index contributed by atoms with van der Waals surface area (Å²) in [6.45, 7) is 0. The van der Waals surface area contributed by atoms with Gasteiger partial charge in [-0.1, -0.05) is 30.3 Å². The molecule has 0 bridgehead atoms. The number of benzene rings is 1. The van der Waals surface area contributed by atoms with E-state index in [1.807, 2.05) is 0 Å². The van der Waals surface area contributed by atoms with Gasteiger partial charge in [-0.15, -0.1) is 0 Å². The van der Waals surface area contributed by atoms with E-state index in [9.17, 15) is 14.7 Å². The van der Waals surface area contributed by atoms with Crippen LogP contribution in [0.15, 0.2) is 30.3 Å². The van der Waals surface area contributed by atoms with Gasteiger partial charge in [0.05, 0.1) is 6.42 Å². The monoisotopic (exact) mass is 208 g/mol. The molecule has 1 rings (SSSR count). The summed E-state index contributed by atoms with van der Waals surface area (Å²) in [5.74, 6) is -1.78. The molecule has 5 heteroatoms. The Bertz CT molecular complexity index is 378. The van der Waals surface area contributed by atoms with Crippen LogP contribution in [-0.2, 0) is 15.2 Å². The van der Waals surface area contributed by atoms with Gasteiger partial charge in [-0.25, -0.2) is 0 Å². The number of amides is 2. The van der Waals surface area contributed by atoms with Crippen molar-refractivity contribution in [1.82, 2.24) is 0 Å². The summed E-state index contributed by atoms with van der Waals surface area (Å²) in [6, 6.07) is 7.99. The Morgan fingerprint density at radius 2 is 1.73 bits per heavy atom. The SMILES string of the molecule is NC(=O)CC(O)(C(N)=O)c1ccccc1. The summed E-state index contributed by atoms with van der Waals surface area (Å²) in [6.07, 6.45) is -0.521. The van der Waals surface area contributed by atoms with Crippen LogP contribution in [0.2, 0.25) is 0 Å². The summed E-state index contributed by atoms with van der Waals surface area (Å²) >= 11 is 0. The van der Waals surface area contributed by atoms with Gasteiger partial charge in [0, 0.05) is 0 Å². The van der Waals surface area contributed by atoms with Crippen molar-refractivity contribution in [1.29, 1.82) is 0 Å². The lowest BCUT2D eigenvalue weighted by Gasteiger charge is -2.23. The minimum atomic E-state index is -2.02. The molecule has 0 aromatic heterocycles. The highest BCUT2D eigenvalue weighted by Gasteiger charge is 2.37. The second-order valence-corrected chi connectivity index (χ2v) is 3.23. The topological polar surface area (TPSA) is 106 Å². The number of hydrogen-bond acceptors (Lipinski definition) is 3. The maximum Gasteiger partial charge on any atom is 0.254 e. The highest BCUT2D eigenvalue weighted by Crippen LogP contribution is 2.24. The number of primary amides is 2. The number of hydrogen-bond donors (Lipinski definition) is 3. The third kappa shape index (κ3) is 2.32. The predicted octanol–water partition coefficient (Wildman–Crippen LogP) is -0.765. The summed E-state index contributed by atoms with van der Waals surface area (Å²) in [5, 5.41) is 9.95. The Kier molecular flexibility index (Phi) is 3.06. The Balaban J connectivity index is 3.13. The van der Waals surface area contributed by atoms with E-state index in [1.54, 1.807) is 18.2 Å². The number of carbonyl (C=O) groups excluding carboxylic acids is 2. The van der Waals surface area contributed by atoms with E-state index in [0.717, 1.165) is 0 Å². The highest BCUT2D eigenvalue weighted by molar-refractivity contribution is 5.90. The Labute approximate surface area is 86.7 Å². The van der Waals surface area contributed by atoms with Crippen molar-refractivity contribution >= 4 is 11.8 Å². The summed E-state index contributed by atoms with van der Waals surface area (Å²) in [7, 11) is 0. The first kappa shape index (κ1) is 11.2. The number of nitrogens with two attached hydrogens (primary N) is 2. The molecule has 0 aliphatic heterocycles. The lowest BCUT2D eigenvalue weighted by atomic mass is 9.89. The average Bonchev–Trinajstić information content (AvgIpc) is 2.17. The van der Waals surface area contributed by atoms with Crippen molar-refractivity contribution in [2.24, 2.45) is 11.5 Å². The van der Waals surface area contributed by atoms with Crippen molar-refractivity contribution in [3.8, 4) is 0 Å². The van der Waals surface area contributed by atoms with Gasteiger partial charge in [0.25, 0.3) is 5.91 Å². The van der Waals surface area contributed by atoms with E-state index in [0.29, 0.717) is 0 Å². The van der Waals surface area contributed by atoms with Crippen LogP contribution in [0.25, 0.3) is 0 Å². The third-order valence-corrected chi connectivity index (χ3v) is 2.09. The van der Waals surface area contributed by atoms with E-state index in [4.69, 9.17) is 11.5 Å². The molecule has 0 aliphatic carbocycles. The Morgan fingerprint density at radius 3 is 2.13 bits per heavy atom. The molecule has 0 heterocycles. The molecule has 0 spiro atoms. The maximum atomic E-state index is 11.1. The number of rotatable bonds is 4. The van der Waals surface area contributed by atoms with Crippen LogP contribution in [0.5, 0.6) is 0 Å². The zero-order valence-corrected chi connectivity index (χ0v) is 8.01. The van der Waals surface area contributed by atoms with Crippen LogP contribution in [0.4, 0.5) is 0 Å². The van der Waals surface area contributed by atoms with E-state index in [-0.39, 0.29) is 5.56 Å². The predicted molar refractivity (Wildman–Crippen MR) is 53.3 cm³/mol. The first-order chi connectivity index (χ1) is 6.97. The molecule has 1 aromatic rings. The lowest BCUT2D eigenvalue weighted by Crippen LogP contribution is -2.44. The number of carbonyl (C=O) groups is 2. The van der Waals surface area contributed by atoms with Crippen LogP contribution in [0.1, 0.15) is 12.0 Å². The quantitative estimate of drug-likeness (QED) is 0.605. The van der Waals surface area contributed by atoms with Gasteiger partial charge >= 0.3 is 0 Å². The van der Waals surface area contributed by atoms with Crippen molar-refractivity contribution in [3.05, 3.63) is 35.9 Å². The van der Waals surface area contributed by atoms with Gasteiger partial charge in [0.15, 0.2) is 5.60 Å². The second kappa shape index (κ2) is 4.10. The molecule has 0 aliphatic rings. The van der Waals surface area contributed by atoms with Crippen LogP contribution >= 0.6 is 0 Å². The number of aliphatic hydroxyl groups is 1. The van der Waals surface area contributed by atoms with E-state index in [2.05, 4.69) is 0 Å². The minimum absolute atomic E-state index is 0.260. The molecule has 5 N–H and O–H groups in total. The molecule has 1 atom stereocenters. The van der Waals surface area contributed by atoms with E-state index >= 15 is 0 Å². The third-order valence-electron chi connectivity index (χ3n) is 2.09. The van der Waals surface area contributed by atoms with E-state index < -0.39 is 23.8 Å². The van der Waals surface area contributed by atoms with Gasteiger partial charge in [0.2, 0.25) is 5.91 Å². The molecular weight excluding hydrogens is 196 g/mol. The van der Waals surface area contributed by atoms with Crippen molar-refractivity contribution < 1.29 is 14.7 Å². The average molecular weight is 208 g/mol. The Hall–Kier alpha value is -1.88. The van der Waals surface area contributed by atoms with E-state index in [1.165, 1.54) is 12.1 Å². The van der Waals surface area contributed by atoms with Crippen LogP contribution < -0.4 is 11.5 Å². The van der Waals surface area contributed by atoms with Crippen molar-refractivity contribution in [2.45, 2.75) is 12.0 Å². The first-order valence-electron chi connectivity index (χ1n) is 4.33. The van der Waals surface area contributed by atoms with Gasteiger partial charge in [0.1, 0.15) is 0 Å². The van der Waals surface area contributed by atoms with Crippen molar-refractivity contribution in [2.75, 3.05) is 0 Å². The molecule has 0 saturated carbocycles. The zero-order valence-electron chi connectivity index (χ0n) is 8.01. The molecule has 5 nitrogen and oxygen atoms in total. The molecule has 2 amide bonds. The molecule has 80 valence electrons. The largest absolute Gasteiger partial charge is 0.375 e. The summed E-state index contributed by atoms with van der Waals surface area (Å²) in [4.78, 5) is 21.9. The zero-order chi connectivity index (χ0) is 11.5. The smallest absolute Gasteiger partial charge is 0.254 e. The molecule has 0 fully saturated rings. The molecule has 1 unspecified atom stereocenters. The molecule has 0 saturated heterocycles. The van der Waals surface area contributed by atoms with Gasteiger partial charge in [-0.3, -0.25) is 9.59 Å². The van der Waals surface area contributed by atoms with Crippen LogP contribution in [-0.4, -0.2) is 16.9 Å². The van der Waals surface area contributed by atoms with Gasteiger partial charge in [-0.05, 0) is 5.56 Å². The van der Waals surface area contributed by atoms with Crippen LogP contribution in [0, 0.1) is 0 Å². The van der Waals surface area contributed by atoms with Gasteiger partial charge in [-0.2, -0.15) is 0 Å². The van der Waals surface area contributed by atoms with Crippen molar-refractivity contribution in [3.63, 3.8) is 0 Å². The normalized spacial score (nSPS) is 14.2. The fraction of sp³-hybridized carbons (Fsp3) is 0.200. The summed E-state index contributed by atoms with van der Waals surface area (Å²) < 4.78 is 0. The fourth-order valence-electron chi connectivity index (χ4n) is 1.30. The molecule has 0 radical (unpaired) electrons. The summed E-state index contributed by atoms with van der Waals surface area (Å²) in [5.41, 5.74) is 8.24.